The molecule has 0 aliphatic carbocycles. The number of benzene rings is 1. The first-order valence-corrected chi connectivity index (χ1v) is 8.52. The number of piperidine rings is 1. The van der Waals surface area contributed by atoms with E-state index in [-0.39, 0.29) is 30.5 Å². The summed E-state index contributed by atoms with van der Waals surface area (Å²) in [6, 6.07) is 3.99. The molecule has 1 fully saturated rings. The van der Waals surface area contributed by atoms with Gasteiger partial charge in [-0.2, -0.15) is 0 Å². The van der Waals surface area contributed by atoms with Gasteiger partial charge in [-0.25, -0.2) is 22.5 Å². The SMILES string of the molecule is N[C@@H]1CN(c2nc3c(F)cc(F)cc3n2Cc2ccc(F)cn2)CCC1F. The molecule has 1 aliphatic heterocycles. The third-order valence-corrected chi connectivity index (χ3v) is 4.71. The van der Waals surface area contributed by atoms with Crippen LogP contribution in [-0.2, 0) is 6.54 Å². The van der Waals surface area contributed by atoms with Crippen molar-refractivity contribution in [2.75, 3.05) is 18.0 Å². The van der Waals surface area contributed by atoms with Crippen LogP contribution in [0.3, 0.4) is 0 Å². The van der Waals surface area contributed by atoms with E-state index < -0.39 is 29.7 Å². The number of nitrogens with zero attached hydrogens (tertiary/aromatic N) is 4. The number of rotatable bonds is 3. The Hall–Kier alpha value is -2.68. The van der Waals surface area contributed by atoms with Gasteiger partial charge in [0.25, 0.3) is 0 Å². The first-order valence-electron chi connectivity index (χ1n) is 8.52. The molecule has 2 N–H and O–H groups in total. The normalized spacial score (nSPS) is 20.4. The van der Waals surface area contributed by atoms with E-state index in [0.29, 0.717) is 18.2 Å². The summed E-state index contributed by atoms with van der Waals surface area (Å²) >= 11 is 0. The van der Waals surface area contributed by atoms with Gasteiger partial charge in [0.2, 0.25) is 5.95 Å². The summed E-state index contributed by atoms with van der Waals surface area (Å²) in [5.41, 5.74) is 6.57. The van der Waals surface area contributed by atoms with Crippen LogP contribution < -0.4 is 10.6 Å². The van der Waals surface area contributed by atoms with Crippen molar-refractivity contribution in [2.24, 2.45) is 5.73 Å². The number of pyridine rings is 1. The van der Waals surface area contributed by atoms with Gasteiger partial charge in [-0.05, 0) is 18.6 Å². The van der Waals surface area contributed by atoms with Crippen molar-refractivity contribution < 1.29 is 17.6 Å². The van der Waals surface area contributed by atoms with Crippen LogP contribution in [0, 0.1) is 17.5 Å². The average molecular weight is 379 g/mol. The Morgan fingerprint density at radius 1 is 1.15 bits per heavy atom. The average Bonchev–Trinajstić information content (AvgIpc) is 2.98. The molecule has 1 unspecified atom stereocenters. The van der Waals surface area contributed by atoms with Gasteiger partial charge in [-0.3, -0.25) is 4.98 Å². The van der Waals surface area contributed by atoms with Crippen molar-refractivity contribution in [3.05, 3.63) is 53.6 Å². The molecule has 27 heavy (non-hydrogen) atoms. The first-order chi connectivity index (χ1) is 12.9. The lowest BCUT2D eigenvalue weighted by atomic mass is 10.1. The van der Waals surface area contributed by atoms with Crippen LogP contribution in [0.15, 0.2) is 30.5 Å². The number of halogens is 4. The van der Waals surface area contributed by atoms with Crippen LogP contribution in [0.1, 0.15) is 12.1 Å². The lowest BCUT2D eigenvalue weighted by Crippen LogP contribution is -2.50. The summed E-state index contributed by atoms with van der Waals surface area (Å²) in [7, 11) is 0. The van der Waals surface area contributed by atoms with Crippen LogP contribution in [0.4, 0.5) is 23.5 Å². The molecule has 1 aliphatic rings. The quantitative estimate of drug-likeness (QED) is 0.711. The van der Waals surface area contributed by atoms with Crippen molar-refractivity contribution in [1.29, 1.82) is 0 Å². The summed E-state index contributed by atoms with van der Waals surface area (Å²) in [6.07, 6.45) is 0.169. The zero-order valence-corrected chi connectivity index (χ0v) is 14.2. The molecule has 4 rings (SSSR count). The molecular weight excluding hydrogens is 362 g/mol. The number of hydrogen-bond donors (Lipinski definition) is 1. The van der Waals surface area contributed by atoms with Gasteiger partial charge in [-0.15, -0.1) is 0 Å². The fraction of sp³-hybridized carbons (Fsp3) is 0.333. The molecule has 1 saturated heterocycles. The first kappa shape index (κ1) is 17.7. The van der Waals surface area contributed by atoms with Gasteiger partial charge in [0.05, 0.1) is 30.0 Å². The summed E-state index contributed by atoms with van der Waals surface area (Å²) in [5.74, 6) is -1.66. The fourth-order valence-corrected chi connectivity index (χ4v) is 3.33. The molecule has 3 aromatic rings. The summed E-state index contributed by atoms with van der Waals surface area (Å²) in [6.45, 7) is 0.671. The van der Waals surface area contributed by atoms with Crippen LogP contribution in [0.2, 0.25) is 0 Å². The highest BCUT2D eigenvalue weighted by Crippen LogP contribution is 2.28. The number of anilines is 1. The Morgan fingerprint density at radius 2 is 1.96 bits per heavy atom. The number of hydrogen-bond acceptors (Lipinski definition) is 4. The highest BCUT2D eigenvalue weighted by Gasteiger charge is 2.30. The van der Waals surface area contributed by atoms with Crippen molar-refractivity contribution in [3.63, 3.8) is 0 Å². The van der Waals surface area contributed by atoms with E-state index in [0.717, 1.165) is 12.3 Å². The number of alkyl halides is 1. The zero-order valence-electron chi connectivity index (χ0n) is 14.2. The van der Waals surface area contributed by atoms with Gasteiger partial charge in [0, 0.05) is 25.2 Å². The van der Waals surface area contributed by atoms with Gasteiger partial charge in [0.15, 0.2) is 5.82 Å². The predicted octanol–water partition coefficient (Wildman–Crippen LogP) is 2.77. The molecule has 0 radical (unpaired) electrons. The van der Waals surface area contributed by atoms with Crippen LogP contribution in [-0.4, -0.2) is 39.8 Å². The molecule has 9 heteroatoms. The third kappa shape index (κ3) is 3.34. The van der Waals surface area contributed by atoms with E-state index in [2.05, 4.69) is 9.97 Å². The standard InChI is InChI=1S/C18H17F4N5/c19-10-1-2-12(24-7-10)8-27-16-6-11(20)5-14(22)17(16)25-18(27)26-4-3-13(21)15(23)9-26/h1-2,5-7,13,15H,3-4,8-9,23H2/t13?,15-/m1/s1. The zero-order chi connectivity index (χ0) is 19.1. The monoisotopic (exact) mass is 379 g/mol. The van der Waals surface area contributed by atoms with E-state index in [4.69, 9.17) is 5.73 Å². The van der Waals surface area contributed by atoms with E-state index in [1.54, 1.807) is 9.47 Å². The van der Waals surface area contributed by atoms with E-state index >= 15 is 0 Å². The number of imidazole rings is 1. The third-order valence-electron chi connectivity index (χ3n) is 4.71. The largest absolute Gasteiger partial charge is 0.340 e. The summed E-state index contributed by atoms with van der Waals surface area (Å²) < 4.78 is 56.5. The molecule has 0 saturated carbocycles. The molecule has 142 valence electrons. The molecule has 0 spiro atoms. The smallest absolute Gasteiger partial charge is 0.207 e. The minimum absolute atomic E-state index is 0.00413. The van der Waals surface area contributed by atoms with Crippen LogP contribution in [0.25, 0.3) is 11.0 Å². The molecule has 2 atom stereocenters. The van der Waals surface area contributed by atoms with E-state index in [1.807, 2.05) is 0 Å². The van der Waals surface area contributed by atoms with Gasteiger partial charge in [0.1, 0.15) is 23.3 Å². The Labute approximate surface area is 152 Å². The molecule has 5 nitrogen and oxygen atoms in total. The van der Waals surface area contributed by atoms with E-state index in [9.17, 15) is 17.6 Å². The molecule has 0 amide bonds. The number of aromatic nitrogens is 3. The second-order valence-electron chi connectivity index (χ2n) is 6.64. The van der Waals surface area contributed by atoms with Crippen molar-refractivity contribution in [3.8, 4) is 0 Å². The Morgan fingerprint density at radius 3 is 2.67 bits per heavy atom. The lowest BCUT2D eigenvalue weighted by molar-refractivity contribution is 0.243. The van der Waals surface area contributed by atoms with Gasteiger partial charge >= 0.3 is 0 Å². The lowest BCUT2D eigenvalue weighted by Gasteiger charge is -2.34. The Kier molecular flexibility index (Phi) is 4.47. The van der Waals surface area contributed by atoms with Crippen molar-refractivity contribution >= 4 is 17.0 Å². The minimum Gasteiger partial charge on any atom is -0.340 e. The predicted molar refractivity (Wildman–Crippen MR) is 92.6 cm³/mol. The molecule has 3 heterocycles. The second-order valence-corrected chi connectivity index (χ2v) is 6.64. The topological polar surface area (TPSA) is 60.0 Å². The highest BCUT2D eigenvalue weighted by molar-refractivity contribution is 5.80. The highest BCUT2D eigenvalue weighted by atomic mass is 19.1. The van der Waals surface area contributed by atoms with Crippen molar-refractivity contribution in [2.45, 2.75) is 25.2 Å². The maximum atomic E-state index is 14.3. The molecule has 2 aromatic heterocycles. The Balaban J connectivity index is 1.81. The van der Waals surface area contributed by atoms with Crippen LogP contribution in [0.5, 0.6) is 0 Å². The molecular formula is C18H17F4N5. The van der Waals surface area contributed by atoms with Gasteiger partial charge < -0.3 is 15.2 Å². The minimum atomic E-state index is -1.12. The second kappa shape index (κ2) is 6.80. The number of nitrogens with two attached hydrogens (primary N) is 1. The summed E-state index contributed by atoms with van der Waals surface area (Å²) in [5, 5.41) is 0. The summed E-state index contributed by atoms with van der Waals surface area (Å²) in [4.78, 5) is 10.1. The fourth-order valence-electron chi connectivity index (χ4n) is 3.33. The Bertz CT molecular complexity index is 972. The molecule has 0 bridgehead atoms. The maximum absolute atomic E-state index is 14.3. The molecule has 1 aromatic carbocycles. The maximum Gasteiger partial charge on any atom is 0.207 e. The van der Waals surface area contributed by atoms with Crippen molar-refractivity contribution in [1.82, 2.24) is 14.5 Å². The van der Waals surface area contributed by atoms with Gasteiger partial charge in [-0.1, -0.05) is 0 Å². The van der Waals surface area contributed by atoms with E-state index in [1.165, 1.54) is 18.2 Å². The van der Waals surface area contributed by atoms with Crippen LogP contribution >= 0.6 is 0 Å². The number of fused-ring (bicyclic) bond motifs is 1.